The highest BCUT2D eigenvalue weighted by Gasteiger charge is 2.60. The van der Waals surface area contributed by atoms with Gasteiger partial charge < -0.3 is 18.9 Å². The second kappa shape index (κ2) is 9.36. The van der Waals surface area contributed by atoms with Crippen molar-refractivity contribution >= 4 is 23.9 Å². The van der Waals surface area contributed by atoms with Crippen molar-refractivity contribution in [2.24, 2.45) is 5.41 Å². The van der Waals surface area contributed by atoms with Crippen LogP contribution in [-0.4, -0.2) is 36.0 Å². The van der Waals surface area contributed by atoms with Crippen LogP contribution >= 0.6 is 0 Å². The molecule has 0 amide bonds. The van der Waals surface area contributed by atoms with E-state index in [1.54, 1.807) is 0 Å². The van der Waals surface area contributed by atoms with Crippen molar-refractivity contribution in [1.29, 1.82) is 0 Å². The van der Waals surface area contributed by atoms with Crippen molar-refractivity contribution in [2.45, 2.75) is 32.8 Å². The Balaban J connectivity index is 6.48. The van der Waals surface area contributed by atoms with Gasteiger partial charge in [-0.05, 0) is 0 Å². The quantitative estimate of drug-likeness (QED) is 0.346. The van der Waals surface area contributed by atoms with Crippen LogP contribution in [-0.2, 0) is 38.1 Å². The van der Waals surface area contributed by atoms with Crippen LogP contribution < -0.4 is 0 Å². The first-order valence-electron chi connectivity index (χ1n) is 7.34. The van der Waals surface area contributed by atoms with Gasteiger partial charge in [-0.3, -0.25) is 0 Å². The van der Waals surface area contributed by atoms with E-state index in [0.29, 0.717) is 0 Å². The summed E-state index contributed by atoms with van der Waals surface area (Å²) in [7, 11) is 0. The minimum absolute atomic E-state index is 0.785. The Labute approximate surface area is 151 Å². The van der Waals surface area contributed by atoms with E-state index >= 15 is 0 Å². The lowest BCUT2D eigenvalue weighted by Crippen LogP contribution is -2.61. The molecule has 0 saturated carbocycles. The van der Waals surface area contributed by atoms with E-state index in [0.717, 1.165) is 24.3 Å². The van der Waals surface area contributed by atoms with Gasteiger partial charge in [0.2, 0.25) is 0 Å². The Morgan fingerprint density at radius 3 is 1.23 bits per heavy atom. The van der Waals surface area contributed by atoms with Gasteiger partial charge in [-0.2, -0.15) is 0 Å². The van der Waals surface area contributed by atoms with Crippen molar-refractivity contribution in [3.8, 4) is 0 Å². The normalized spacial score (nSPS) is 10.9. The second-order valence-electron chi connectivity index (χ2n) is 5.78. The van der Waals surface area contributed by atoms with Gasteiger partial charge >= 0.3 is 36.0 Å². The summed E-state index contributed by atoms with van der Waals surface area (Å²) in [5, 5.41) is 0. The summed E-state index contributed by atoms with van der Waals surface area (Å²) < 4.78 is 20.4. The third-order valence-corrected chi connectivity index (χ3v) is 2.97. The SMILES string of the molecule is C=CC(=O)OC(OC(=O)C=C)C(OC(=O)C=C)(OC(=O)C=C)C(C)(C)C. The highest BCUT2D eigenvalue weighted by molar-refractivity contribution is 5.85. The number of hydrogen-bond donors (Lipinski definition) is 0. The molecular formula is C18H22O8. The van der Waals surface area contributed by atoms with Crippen LogP contribution in [0.15, 0.2) is 50.6 Å². The molecule has 0 aliphatic heterocycles. The molecule has 8 heteroatoms. The van der Waals surface area contributed by atoms with Crippen molar-refractivity contribution in [1.82, 2.24) is 0 Å². The molecule has 0 N–H and O–H groups in total. The summed E-state index contributed by atoms with van der Waals surface area (Å²) in [6, 6.07) is 0. The highest BCUT2D eigenvalue weighted by atomic mass is 16.8. The average Bonchev–Trinajstić information content (AvgIpc) is 2.58. The molecule has 0 heterocycles. The van der Waals surface area contributed by atoms with E-state index in [9.17, 15) is 19.2 Å². The molecule has 8 nitrogen and oxygen atoms in total. The predicted octanol–water partition coefficient (Wildman–Crippen LogP) is 1.97. The minimum Gasteiger partial charge on any atom is -0.414 e. The average molecular weight is 366 g/mol. The highest BCUT2D eigenvalue weighted by Crippen LogP contribution is 2.40. The third kappa shape index (κ3) is 5.73. The molecule has 0 radical (unpaired) electrons. The maximum atomic E-state index is 11.9. The molecule has 0 aromatic rings. The Bertz CT molecular complexity index is 580. The number of hydrogen-bond acceptors (Lipinski definition) is 8. The van der Waals surface area contributed by atoms with Crippen molar-refractivity contribution in [2.75, 3.05) is 0 Å². The third-order valence-electron chi connectivity index (χ3n) is 2.97. The zero-order valence-electron chi connectivity index (χ0n) is 15.0. The smallest absolute Gasteiger partial charge is 0.336 e. The fraction of sp³-hybridized carbons (Fsp3) is 0.333. The number of carbonyl (C=O) groups is 4. The van der Waals surface area contributed by atoms with Gasteiger partial charge in [-0.15, -0.1) is 0 Å². The van der Waals surface area contributed by atoms with Crippen LogP contribution in [0.25, 0.3) is 0 Å². The molecule has 0 aliphatic carbocycles. The minimum atomic E-state index is -2.36. The van der Waals surface area contributed by atoms with Crippen molar-refractivity contribution in [3.63, 3.8) is 0 Å². The summed E-state index contributed by atoms with van der Waals surface area (Å²) in [4.78, 5) is 47.2. The molecule has 0 unspecified atom stereocenters. The van der Waals surface area contributed by atoms with Crippen molar-refractivity contribution in [3.05, 3.63) is 50.6 Å². The van der Waals surface area contributed by atoms with Crippen molar-refractivity contribution < 1.29 is 38.1 Å². The van der Waals surface area contributed by atoms with E-state index in [1.807, 2.05) is 0 Å². The van der Waals surface area contributed by atoms with Gasteiger partial charge in [0.25, 0.3) is 0 Å². The number of carbonyl (C=O) groups excluding carboxylic acids is 4. The van der Waals surface area contributed by atoms with E-state index in [4.69, 9.17) is 18.9 Å². The lowest BCUT2D eigenvalue weighted by molar-refractivity contribution is -0.340. The van der Waals surface area contributed by atoms with Gasteiger partial charge in [-0.25, -0.2) is 19.2 Å². The number of ether oxygens (including phenoxy) is 4. The largest absolute Gasteiger partial charge is 0.414 e. The van der Waals surface area contributed by atoms with Gasteiger partial charge in [0, 0.05) is 29.7 Å². The second-order valence-corrected chi connectivity index (χ2v) is 5.78. The summed E-state index contributed by atoms with van der Waals surface area (Å²) >= 11 is 0. The van der Waals surface area contributed by atoms with E-state index in [2.05, 4.69) is 26.3 Å². The van der Waals surface area contributed by atoms with Gasteiger partial charge in [0.1, 0.15) is 0 Å². The molecule has 0 aromatic carbocycles. The fourth-order valence-corrected chi connectivity index (χ4v) is 1.65. The first kappa shape index (κ1) is 22.8. The van der Waals surface area contributed by atoms with Crippen LogP contribution in [0, 0.1) is 5.41 Å². The van der Waals surface area contributed by atoms with Crippen LogP contribution in [0.1, 0.15) is 20.8 Å². The van der Waals surface area contributed by atoms with Gasteiger partial charge in [0.15, 0.2) is 0 Å². The van der Waals surface area contributed by atoms with Gasteiger partial charge in [-0.1, -0.05) is 47.1 Å². The molecule has 26 heavy (non-hydrogen) atoms. The molecule has 0 aromatic heterocycles. The molecular weight excluding hydrogens is 344 g/mol. The Morgan fingerprint density at radius 1 is 0.692 bits per heavy atom. The fourth-order valence-electron chi connectivity index (χ4n) is 1.65. The summed E-state index contributed by atoms with van der Waals surface area (Å²) in [5.41, 5.74) is -1.24. The van der Waals surface area contributed by atoms with E-state index < -0.39 is 41.4 Å². The molecule has 0 spiro atoms. The van der Waals surface area contributed by atoms with Crippen LogP contribution in [0.4, 0.5) is 0 Å². The first-order valence-corrected chi connectivity index (χ1v) is 7.34. The van der Waals surface area contributed by atoms with E-state index in [-0.39, 0.29) is 0 Å². The van der Waals surface area contributed by atoms with Gasteiger partial charge in [0.05, 0.1) is 0 Å². The van der Waals surface area contributed by atoms with Crippen LogP contribution in [0.2, 0.25) is 0 Å². The zero-order valence-corrected chi connectivity index (χ0v) is 15.0. The molecule has 0 bridgehead atoms. The molecule has 0 fully saturated rings. The van der Waals surface area contributed by atoms with Crippen LogP contribution in [0.3, 0.4) is 0 Å². The monoisotopic (exact) mass is 366 g/mol. The maximum absolute atomic E-state index is 11.9. The number of esters is 4. The standard InChI is InChI=1S/C18H22O8/c1-8-12(19)23-16(24-13(20)9-2)18(17(5,6)7,25-14(21)10-3)26-15(22)11-4/h8-11,16H,1-4H2,5-7H3. The number of rotatable bonds is 9. The molecule has 0 aliphatic rings. The maximum Gasteiger partial charge on any atom is 0.336 e. The first-order chi connectivity index (χ1) is 12.0. The molecule has 0 atom stereocenters. The Kier molecular flexibility index (Phi) is 8.22. The summed E-state index contributed by atoms with van der Waals surface area (Å²) in [6.45, 7) is 17.5. The predicted molar refractivity (Wildman–Crippen MR) is 91.1 cm³/mol. The molecule has 142 valence electrons. The lowest BCUT2D eigenvalue weighted by Gasteiger charge is -2.44. The molecule has 0 rings (SSSR count). The summed E-state index contributed by atoms with van der Waals surface area (Å²) in [5.74, 6) is -6.45. The zero-order chi connectivity index (χ0) is 20.5. The summed E-state index contributed by atoms with van der Waals surface area (Å²) in [6.07, 6.45) is 1.19. The Hall–Kier alpha value is -3.16. The lowest BCUT2D eigenvalue weighted by atomic mass is 9.84. The van der Waals surface area contributed by atoms with E-state index in [1.165, 1.54) is 20.8 Å². The Morgan fingerprint density at radius 2 is 1.00 bits per heavy atom. The van der Waals surface area contributed by atoms with Crippen LogP contribution in [0.5, 0.6) is 0 Å². The molecule has 0 saturated heterocycles. The topological polar surface area (TPSA) is 105 Å².